The van der Waals surface area contributed by atoms with E-state index in [-0.39, 0.29) is 17.4 Å². The second-order valence-corrected chi connectivity index (χ2v) is 6.83. The van der Waals surface area contributed by atoms with Gasteiger partial charge < -0.3 is 14.7 Å². The monoisotopic (exact) mass is 430 g/mol. The first kappa shape index (κ1) is 18.7. The molecule has 27 heavy (non-hydrogen) atoms. The number of carbonyl (C=O) groups is 3. The largest absolute Gasteiger partial charge is 0.507 e. The Hall–Kier alpha value is -3.13. The van der Waals surface area contributed by atoms with Crippen LogP contribution in [0, 0.1) is 0 Å². The number of phenols is 1. The van der Waals surface area contributed by atoms with Gasteiger partial charge in [0.15, 0.2) is 5.76 Å². The van der Waals surface area contributed by atoms with E-state index in [0.717, 1.165) is 4.90 Å². The molecule has 0 saturated carbocycles. The van der Waals surface area contributed by atoms with Crippen molar-refractivity contribution in [1.82, 2.24) is 4.90 Å². The molecule has 1 heterocycles. The number of nitrogens with zero attached hydrogens (tertiary/aromatic N) is 2. The molecule has 0 unspecified atom stereocenters. The summed E-state index contributed by atoms with van der Waals surface area (Å²) in [5.74, 6) is -0.877. The summed E-state index contributed by atoms with van der Waals surface area (Å²) in [5.41, 5.74) is 1.31. The van der Waals surface area contributed by atoms with Crippen molar-refractivity contribution in [3.8, 4) is 5.75 Å². The Kier molecular flexibility index (Phi) is 5.00. The number of phenolic OH excluding ortho intramolecular Hbond substituents is 1. The number of hydrogen-bond donors (Lipinski definition) is 1. The predicted octanol–water partition coefficient (Wildman–Crippen LogP) is 3.38. The molecule has 3 amide bonds. The van der Waals surface area contributed by atoms with Gasteiger partial charge in [-0.1, -0.05) is 6.07 Å². The number of aromatic hydroxyl groups is 1. The Labute approximate surface area is 163 Å². The maximum atomic E-state index is 12.6. The second-order valence-electron chi connectivity index (χ2n) is 5.97. The van der Waals surface area contributed by atoms with Gasteiger partial charge in [0.2, 0.25) is 0 Å². The molecule has 0 aliphatic carbocycles. The third kappa shape index (κ3) is 3.70. The van der Waals surface area contributed by atoms with E-state index in [1.54, 1.807) is 26.2 Å². The quantitative estimate of drug-likeness (QED) is 0.754. The fourth-order valence-corrected chi connectivity index (χ4v) is 2.86. The van der Waals surface area contributed by atoms with Gasteiger partial charge in [0.25, 0.3) is 5.91 Å². The third-order valence-electron chi connectivity index (χ3n) is 3.84. The zero-order valence-corrected chi connectivity index (χ0v) is 16.1. The lowest BCUT2D eigenvalue weighted by molar-refractivity contribution is -0.114. The number of amides is 3. The molecule has 2 aromatic carbocycles. The highest BCUT2D eigenvalue weighted by atomic mass is 79.9. The lowest BCUT2D eigenvalue weighted by Crippen LogP contribution is -2.28. The molecule has 1 fully saturated rings. The van der Waals surface area contributed by atoms with Crippen LogP contribution in [0.5, 0.6) is 5.75 Å². The number of anilines is 1. The Morgan fingerprint density at radius 3 is 2.41 bits per heavy atom. The number of ether oxygens (including phenoxy) is 1. The Morgan fingerprint density at radius 1 is 1.15 bits per heavy atom. The van der Waals surface area contributed by atoms with Crippen LogP contribution in [0.15, 0.2) is 52.7 Å². The van der Waals surface area contributed by atoms with Gasteiger partial charge in [-0.2, -0.15) is 0 Å². The molecule has 1 aliphatic rings. The van der Waals surface area contributed by atoms with E-state index < -0.39 is 12.0 Å². The molecule has 138 valence electrons. The number of hydrogen-bond acceptors (Lipinski definition) is 5. The van der Waals surface area contributed by atoms with Crippen molar-refractivity contribution in [2.75, 3.05) is 19.0 Å². The van der Waals surface area contributed by atoms with Crippen molar-refractivity contribution in [3.05, 3.63) is 63.8 Å². The zero-order chi connectivity index (χ0) is 19.7. The maximum Gasteiger partial charge on any atom is 0.427 e. The maximum absolute atomic E-state index is 12.6. The van der Waals surface area contributed by atoms with Gasteiger partial charge in [-0.25, -0.2) is 9.69 Å². The SMILES string of the molecule is CN(C)C(=O)c1ccc(N2C(=O)O/C(=C\c3ccc(O)c(Br)c3)C2=O)cc1. The summed E-state index contributed by atoms with van der Waals surface area (Å²) in [6.07, 6.45) is 0.588. The second kappa shape index (κ2) is 7.24. The fourth-order valence-electron chi connectivity index (χ4n) is 2.47. The normalized spacial score (nSPS) is 15.2. The van der Waals surface area contributed by atoms with Gasteiger partial charge in [-0.05, 0) is 64.0 Å². The summed E-state index contributed by atoms with van der Waals surface area (Å²) in [6.45, 7) is 0. The zero-order valence-electron chi connectivity index (χ0n) is 14.5. The van der Waals surface area contributed by atoms with Crippen LogP contribution in [0.1, 0.15) is 15.9 Å². The lowest BCUT2D eigenvalue weighted by atomic mass is 10.1. The summed E-state index contributed by atoms with van der Waals surface area (Å²) in [6, 6.07) is 10.7. The molecule has 1 saturated heterocycles. The summed E-state index contributed by atoms with van der Waals surface area (Å²) in [7, 11) is 3.27. The van der Waals surface area contributed by atoms with Crippen molar-refractivity contribution in [1.29, 1.82) is 0 Å². The first-order chi connectivity index (χ1) is 12.8. The van der Waals surface area contributed by atoms with Gasteiger partial charge in [-0.15, -0.1) is 0 Å². The molecule has 2 aromatic rings. The molecule has 0 radical (unpaired) electrons. The van der Waals surface area contributed by atoms with Crippen LogP contribution in [-0.2, 0) is 9.53 Å². The number of carbonyl (C=O) groups excluding carboxylic acids is 3. The van der Waals surface area contributed by atoms with Crippen LogP contribution in [-0.4, -0.2) is 42.0 Å². The van der Waals surface area contributed by atoms with E-state index >= 15 is 0 Å². The molecule has 0 aromatic heterocycles. The van der Waals surface area contributed by atoms with Gasteiger partial charge in [-0.3, -0.25) is 9.59 Å². The first-order valence-electron chi connectivity index (χ1n) is 7.86. The fraction of sp³-hybridized carbons (Fsp3) is 0.105. The average Bonchev–Trinajstić information content (AvgIpc) is 2.91. The van der Waals surface area contributed by atoms with Crippen LogP contribution >= 0.6 is 15.9 Å². The number of imide groups is 1. The number of halogens is 1. The van der Waals surface area contributed by atoms with E-state index in [1.807, 2.05) is 0 Å². The molecule has 3 rings (SSSR count). The highest BCUT2D eigenvalue weighted by Gasteiger charge is 2.37. The number of benzene rings is 2. The van der Waals surface area contributed by atoms with Crippen LogP contribution in [0.25, 0.3) is 6.08 Å². The minimum atomic E-state index is -0.823. The lowest BCUT2D eigenvalue weighted by Gasteiger charge is -2.13. The number of cyclic esters (lactones) is 1. The molecular formula is C19H15BrN2O5. The molecule has 0 bridgehead atoms. The van der Waals surface area contributed by atoms with Crippen LogP contribution < -0.4 is 4.90 Å². The average molecular weight is 431 g/mol. The Balaban J connectivity index is 1.87. The van der Waals surface area contributed by atoms with Crippen molar-refractivity contribution in [2.24, 2.45) is 0 Å². The molecule has 8 heteroatoms. The summed E-state index contributed by atoms with van der Waals surface area (Å²) in [5, 5.41) is 9.53. The van der Waals surface area contributed by atoms with E-state index in [0.29, 0.717) is 21.3 Å². The van der Waals surface area contributed by atoms with E-state index in [4.69, 9.17) is 4.74 Å². The highest BCUT2D eigenvalue weighted by Crippen LogP contribution is 2.29. The molecular weight excluding hydrogens is 416 g/mol. The van der Waals surface area contributed by atoms with E-state index in [9.17, 15) is 19.5 Å². The van der Waals surface area contributed by atoms with Crippen molar-refractivity contribution < 1.29 is 24.2 Å². The molecule has 1 aliphatic heterocycles. The van der Waals surface area contributed by atoms with E-state index in [2.05, 4.69) is 15.9 Å². The topological polar surface area (TPSA) is 87.2 Å². The van der Waals surface area contributed by atoms with Gasteiger partial charge in [0, 0.05) is 19.7 Å². The van der Waals surface area contributed by atoms with Gasteiger partial charge in [0.1, 0.15) is 5.75 Å². The molecule has 0 atom stereocenters. The smallest absolute Gasteiger partial charge is 0.427 e. The minimum Gasteiger partial charge on any atom is -0.507 e. The van der Waals surface area contributed by atoms with Crippen LogP contribution in [0.4, 0.5) is 10.5 Å². The van der Waals surface area contributed by atoms with Crippen molar-refractivity contribution >= 4 is 45.6 Å². The highest BCUT2D eigenvalue weighted by molar-refractivity contribution is 9.10. The summed E-state index contributed by atoms with van der Waals surface area (Å²) >= 11 is 3.19. The molecule has 1 N–H and O–H groups in total. The predicted molar refractivity (Wildman–Crippen MR) is 102 cm³/mol. The van der Waals surface area contributed by atoms with Crippen LogP contribution in [0.2, 0.25) is 0 Å². The van der Waals surface area contributed by atoms with Crippen molar-refractivity contribution in [3.63, 3.8) is 0 Å². The summed E-state index contributed by atoms with van der Waals surface area (Å²) in [4.78, 5) is 39.0. The van der Waals surface area contributed by atoms with Gasteiger partial charge in [0.05, 0.1) is 10.2 Å². The summed E-state index contributed by atoms with van der Waals surface area (Å²) < 4.78 is 5.53. The van der Waals surface area contributed by atoms with Crippen molar-refractivity contribution in [2.45, 2.75) is 0 Å². The minimum absolute atomic E-state index is 0.0564. The third-order valence-corrected chi connectivity index (χ3v) is 4.48. The molecule has 7 nitrogen and oxygen atoms in total. The first-order valence-corrected chi connectivity index (χ1v) is 8.65. The standard InChI is InChI=1S/C19H15BrN2O5/c1-21(2)17(24)12-4-6-13(7-5-12)22-18(25)16(27-19(22)26)10-11-3-8-15(23)14(20)9-11/h3-10,23H,1-2H3/b16-10-. The van der Waals surface area contributed by atoms with Crippen LogP contribution in [0.3, 0.4) is 0 Å². The Morgan fingerprint density at radius 2 is 1.81 bits per heavy atom. The number of rotatable bonds is 3. The van der Waals surface area contributed by atoms with E-state index in [1.165, 1.54) is 41.3 Å². The Bertz CT molecular complexity index is 967. The van der Waals surface area contributed by atoms with Gasteiger partial charge >= 0.3 is 12.0 Å². The molecule has 0 spiro atoms.